The lowest BCUT2D eigenvalue weighted by Gasteiger charge is -2.03. The minimum absolute atomic E-state index is 0.0182. The zero-order chi connectivity index (χ0) is 13.3. The second-order valence-corrected chi connectivity index (χ2v) is 3.80. The molecule has 0 aliphatic carbocycles. The molecule has 1 aromatic heterocycles. The molecule has 1 aromatic rings. The van der Waals surface area contributed by atoms with Gasteiger partial charge in [0.15, 0.2) is 5.76 Å². The molecule has 2 heterocycles. The molecule has 6 heteroatoms. The summed E-state index contributed by atoms with van der Waals surface area (Å²) in [6, 6.07) is 3.31. The Hall–Kier alpha value is -2.50. The molecule has 0 saturated carbocycles. The lowest BCUT2D eigenvalue weighted by molar-refractivity contribution is -0.137. The van der Waals surface area contributed by atoms with Crippen LogP contribution in [-0.2, 0) is 20.9 Å². The molecule has 0 bridgehead atoms. The van der Waals surface area contributed by atoms with E-state index in [0.29, 0.717) is 5.69 Å². The van der Waals surface area contributed by atoms with E-state index < -0.39 is 17.5 Å². The fraction of sp³-hybridized carbons (Fsp3) is 0.167. The van der Waals surface area contributed by atoms with Crippen LogP contribution in [0.2, 0.25) is 0 Å². The summed E-state index contributed by atoms with van der Waals surface area (Å²) >= 11 is 0. The van der Waals surface area contributed by atoms with Gasteiger partial charge >= 0.3 is 5.97 Å². The molecule has 0 atom stereocenters. The number of allylic oxidation sites excluding steroid dienone is 1. The van der Waals surface area contributed by atoms with E-state index in [4.69, 9.17) is 9.84 Å². The van der Waals surface area contributed by atoms with Crippen LogP contribution in [0.1, 0.15) is 12.6 Å². The van der Waals surface area contributed by atoms with Crippen LogP contribution in [-0.4, -0.2) is 26.5 Å². The molecule has 0 radical (unpaired) electrons. The molecular formula is C12H11NO5. The molecule has 1 aliphatic heterocycles. The molecule has 1 aliphatic rings. The Labute approximate surface area is 102 Å². The van der Waals surface area contributed by atoms with Crippen molar-refractivity contribution in [2.24, 2.45) is 0 Å². The second kappa shape index (κ2) is 4.40. The predicted molar refractivity (Wildman–Crippen MR) is 61.5 cm³/mol. The minimum Gasteiger partial charge on any atom is -0.502 e. The van der Waals surface area contributed by atoms with Gasteiger partial charge in [-0.25, -0.2) is 0 Å². The van der Waals surface area contributed by atoms with Crippen molar-refractivity contribution in [1.29, 1.82) is 0 Å². The molecule has 18 heavy (non-hydrogen) atoms. The zero-order valence-electron chi connectivity index (χ0n) is 9.58. The highest BCUT2D eigenvalue weighted by Gasteiger charge is 2.27. The van der Waals surface area contributed by atoms with Crippen LogP contribution in [0.3, 0.4) is 0 Å². The van der Waals surface area contributed by atoms with E-state index in [1.807, 2.05) is 0 Å². The first-order chi connectivity index (χ1) is 8.49. The van der Waals surface area contributed by atoms with E-state index in [-0.39, 0.29) is 18.1 Å². The largest absolute Gasteiger partial charge is 0.502 e. The minimum atomic E-state index is -0.985. The summed E-state index contributed by atoms with van der Waals surface area (Å²) in [6.07, 6.45) is 2.98. The highest BCUT2D eigenvalue weighted by atomic mass is 16.5. The zero-order valence-corrected chi connectivity index (χ0v) is 9.58. The maximum Gasteiger partial charge on any atom is 0.323 e. The smallest absolute Gasteiger partial charge is 0.323 e. The number of carboxylic acids is 1. The molecule has 94 valence electrons. The Kier molecular flexibility index (Phi) is 2.93. The molecule has 2 N–H and O–H groups in total. The van der Waals surface area contributed by atoms with Gasteiger partial charge in [0.05, 0.1) is 0 Å². The van der Waals surface area contributed by atoms with Crippen molar-refractivity contribution in [3.8, 4) is 0 Å². The van der Waals surface area contributed by atoms with E-state index in [1.54, 1.807) is 18.3 Å². The molecule has 0 aromatic carbocycles. The molecule has 0 unspecified atom stereocenters. The number of carbonyl (C=O) groups is 2. The average molecular weight is 249 g/mol. The van der Waals surface area contributed by atoms with Gasteiger partial charge < -0.3 is 19.5 Å². The number of hydrogen-bond acceptors (Lipinski definition) is 4. The van der Waals surface area contributed by atoms with Crippen LogP contribution in [0.15, 0.2) is 35.6 Å². The topological polar surface area (TPSA) is 88.8 Å². The number of nitrogens with zero attached hydrogens (tertiary/aromatic N) is 1. The Morgan fingerprint density at radius 3 is 2.83 bits per heavy atom. The van der Waals surface area contributed by atoms with Crippen molar-refractivity contribution < 1.29 is 24.5 Å². The third kappa shape index (κ3) is 2.13. The average Bonchev–Trinajstić information content (AvgIpc) is 2.81. The van der Waals surface area contributed by atoms with Crippen LogP contribution in [0.5, 0.6) is 0 Å². The van der Waals surface area contributed by atoms with Crippen LogP contribution in [0.4, 0.5) is 0 Å². The summed E-state index contributed by atoms with van der Waals surface area (Å²) in [6.45, 7) is 1.27. The Morgan fingerprint density at radius 1 is 1.56 bits per heavy atom. The quantitative estimate of drug-likeness (QED) is 0.788. The van der Waals surface area contributed by atoms with E-state index in [0.717, 1.165) is 0 Å². The van der Waals surface area contributed by atoms with Crippen LogP contribution in [0, 0.1) is 0 Å². The number of carbonyl (C=O) groups excluding carboxylic acids is 1. The van der Waals surface area contributed by atoms with Crippen LogP contribution < -0.4 is 0 Å². The molecular weight excluding hydrogens is 238 g/mol. The van der Waals surface area contributed by atoms with Gasteiger partial charge in [0.25, 0.3) is 5.78 Å². The summed E-state index contributed by atoms with van der Waals surface area (Å²) < 4.78 is 6.55. The third-order valence-corrected chi connectivity index (χ3v) is 2.48. The maximum absolute atomic E-state index is 11.5. The number of ketones is 1. The van der Waals surface area contributed by atoms with Gasteiger partial charge in [0, 0.05) is 18.0 Å². The van der Waals surface area contributed by atoms with Crippen molar-refractivity contribution in [1.82, 2.24) is 4.57 Å². The molecule has 6 nitrogen and oxygen atoms in total. The predicted octanol–water partition coefficient (Wildman–Crippen LogP) is 1.30. The van der Waals surface area contributed by atoms with Crippen molar-refractivity contribution >= 4 is 17.8 Å². The second-order valence-electron chi connectivity index (χ2n) is 3.80. The van der Waals surface area contributed by atoms with E-state index in [1.165, 1.54) is 17.6 Å². The summed E-state index contributed by atoms with van der Waals surface area (Å²) in [5.74, 6) is -1.88. The first kappa shape index (κ1) is 12.0. The van der Waals surface area contributed by atoms with Gasteiger partial charge in [-0.3, -0.25) is 9.59 Å². The van der Waals surface area contributed by atoms with E-state index in [2.05, 4.69) is 0 Å². The number of carboxylic acid groups (broad SMARTS) is 1. The highest BCUT2D eigenvalue weighted by Crippen LogP contribution is 2.24. The van der Waals surface area contributed by atoms with Gasteiger partial charge in [-0.1, -0.05) is 0 Å². The number of ether oxygens (including phenoxy) is 1. The molecule has 0 spiro atoms. The third-order valence-electron chi connectivity index (χ3n) is 2.48. The Bertz CT molecular complexity index is 579. The SMILES string of the molecule is CC1=C(O)C(=O)/C(=C/c2cccn2CC(=O)O)O1. The lowest BCUT2D eigenvalue weighted by atomic mass is 10.2. The number of aliphatic hydroxyl groups is 1. The van der Waals surface area contributed by atoms with Gasteiger partial charge in [0.1, 0.15) is 12.3 Å². The Balaban J connectivity index is 2.28. The van der Waals surface area contributed by atoms with E-state index >= 15 is 0 Å². The van der Waals surface area contributed by atoms with E-state index in [9.17, 15) is 14.7 Å². The summed E-state index contributed by atoms with van der Waals surface area (Å²) in [4.78, 5) is 22.2. The number of aliphatic carboxylic acids is 1. The standard InChI is InChI=1S/C12H11NO5/c1-7-11(16)12(17)9(18-7)5-8-3-2-4-13(8)6-10(14)15/h2-5,16H,6H2,1H3,(H,14,15)/b9-5-. The number of hydrogen-bond donors (Lipinski definition) is 2. The Morgan fingerprint density at radius 2 is 2.28 bits per heavy atom. The number of rotatable bonds is 3. The summed E-state index contributed by atoms with van der Waals surface area (Å²) in [5, 5.41) is 18.1. The summed E-state index contributed by atoms with van der Waals surface area (Å²) in [7, 11) is 0. The van der Waals surface area contributed by atoms with Crippen molar-refractivity contribution in [2.45, 2.75) is 13.5 Å². The van der Waals surface area contributed by atoms with Gasteiger partial charge in [-0.05, 0) is 19.1 Å². The number of aromatic nitrogens is 1. The first-order valence-corrected chi connectivity index (χ1v) is 5.20. The molecule has 0 fully saturated rings. The van der Waals surface area contributed by atoms with Gasteiger partial charge in [0.2, 0.25) is 5.76 Å². The molecule has 0 amide bonds. The fourth-order valence-corrected chi connectivity index (χ4v) is 1.61. The van der Waals surface area contributed by atoms with Crippen molar-refractivity contribution in [3.05, 3.63) is 41.3 Å². The number of aliphatic hydroxyl groups excluding tert-OH is 1. The normalized spacial score (nSPS) is 17.4. The molecule has 2 rings (SSSR count). The molecule has 0 saturated heterocycles. The van der Waals surface area contributed by atoms with Crippen molar-refractivity contribution in [2.75, 3.05) is 0 Å². The maximum atomic E-state index is 11.5. The van der Waals surface area contributed by atoms with Crippen molar-refractivity contribution in [3.63, 3.8) is 0 Å². The number of Topliss-reactive ketones (excluding diaryl/α,β-unsaturated/α-hetero) is 1. The monoisotopic (exact) mass is 249 g/mol. The highest BCUT2D eigenvalue weighted by molar-refractivity contribution is 6.10. The van der Waals surface area contributed by atoms with Crippen LogP contribution >= 0.6 is 0 Å². The summed E-state index contributed by atoms with van der Waals surface area (Å²) in [5.41, 5.74) is 0.517. The van der Waals surface area contributed by atoms with Crippen LogP contribution in [0.25, 0.3) is 6.08 Å². The van der Waals surface area contributed by atoms with Gasteiger partial charge in [-0.15, -0.1) is 0 Å². The fourth-order valence-electron chi connectivity index (χ4n) is 1.61. The lowest BCUT2D eigenvalue weighted by Crippen LogP contribution is -2.09. The first-order valence-electron chi connectivity index (χ1n) is 5.20. The van der Waals surface area contributed by atoms with Gasteiger partial charge in [-0.2, -0.15) is 0 Å².